The van der Waals surface area contributed by atoms with Crippen LogP contribution in [0.5, 0.6) is 0 Å². The van der Waals surface area contributed by atoms with Gasteiger partial charge in [0.05, 0.1) is 5.39 Å². The Kier molecular flexibility index (Phi) is 5.46. The molecular formula is C16H19N3O4. The molecule has 122 valence electrons. The van der Waals surface area contributed by atoms with Gasteiger partial charge in [-0.25, -0.2) is 9.48 Å². The summed E-state index contributed by atoms with van der Waals surface area (Å²) >= 11 is 0. The van der Waals surface area contributed by atoms with Crippen molar-refractivity contribution in [2.45, 2.75) is 26.8 Å². The Morgan fingerprint density at radius 1 is 1.22 bits per heavy atom. The van der Waals surface area contributed by atoms with Gasteiger partial charge in [-0.1, -0.05) is 25.1 Å². The third-order valence-electron chi connectivity index (χ3n) is 3.27. The second-order valence-electron chi connectivity index (χ2n) is 4.94. The molecule has 0 aliphatic carbocycles. The summed E-state index contributed by atoms with van der Waals surface area (Å²) in [5.41, 5.74) is -0.231. The molecule has 23 heavy (non-hydrogen) atoms. The summed E-state index contributed by atoms with van der Waals surface area (Å²) in [4.78, 5) is 36.0. The van der Waals surface area contributed by atoms with Gasteiger partial charge in [0.25, 0.3) is 11.5 Å². The largest absolute Gasteiger partial charge is 0.451 e. The number of rotatable bonds is 6. The summed E-state index contributed by atoms with van der Waals surface area (Å²) < 4.78 is 6.21. The summed E-state index contributed by atoms with van der Waals surface area (Å²) in [5, 5.41) is 7.49. The standard InChI is InChI=1S/C16H19N3O4/c1-3-9-17-13(20)10-23-16(22)14-11-7-5-6-8-12(11)15(21)19(4-2)18-14/h5-8H,3-4,9-10H2,1-2H3,(H,17,20). The van der Waals surface area contributed by atoms with Crippen molar-refractivity contribution in [2.75, 3.05) is 13.2 Å². The Hall–Kier alpha value is -2.70. The quantitative estimate of drug-likeness (QED) is 0.806. The molecule has 1 aromatic carbocycles. The van der Waals surface area contributed by atoms with Crippen LogP contribution in [0.2, 0.25) is 0 Å². The van der Waals surface area contributed by atoms with Crippen molar-refractivity contribution in [1.29, 1.82) is 0 Å². The first-order chi connectivity index (χ1) is 11.1. The zero-order valence-electron chi connectivity index (χ0n) is 13.2. The number of benzene rings is 1. The molecule has 0 aliphatic rings. The van der Waals surface area contributed by atoms with Crippen LogP contribution in [0.15, 0.2) is 29.1 Å². The molecule has 7 heteroatoms. The van der Waals surface area contributed by atoms with E-state index >= 15 is 0 Å². The van der Waals surface area contributed by atoms with E-state index in [9.17, 15) is 14.4 Å². The van der Waals surface area contributed by atoms with E-state index in [0.717, 1.165) is 6.42 Å². The Labute approximate surface area is 133 Å². The van der Waals surface area contributed by atoms with E-state index < -0.39 is 5.97 Å². The van der Waals surface area contributed by atoms with E-state index in [-0.39, 0.29) is 23.8 Å². The van der Waals surface area contributed by atoms with E-state index in [1.54, 1.807) is 31.2 Å². The minimum atomic E-state index is -0.727. The molecule has 0 bridgehead atoms. The van der Waals surface area contributed by atoms with Crippen LogP contribution in [-0.4, -0.2) is 34.8 Å². The molecular weight excluding hydrogens is 298 g/mol. The summed E-state index contributed by atoms with van der Waals surface area (Å²) in [5.74, 6) is -1.09. The molecule has 1 amide bonds. The molecule has 0 fully saturated rings. The molecule has 0 atom stereocenters. The molecule has 0 saturated carbocycles. The number of aromatic nitrogens is 2. The lowest BCUT2D eigenvalue weighted by atomic mass is 10.1. The number of amides is 1. The average molecular weight is 317 g/mol. The molecule has 2 rings (SSSR count). The Bertz CT molecular complexity index is 782. The number of nitrogens with zero attached hydrogens (tertiary/aromatic N) is 2. The predicted molar refractivity (Wildman–Crippen MR) is 85.3 cm³/mol. The summed E-state index contributed by atoms with van der Waals surface area (Å²) in [6.07, 6.45) is 0.799. The number of hydrogen-bond donors (Lipinski definition) is 1. The van der Waals surface area contributed by atoms with Crippen molar-refractivity contribution in [3.63, 3.8) is 0 Å². The zero-order chi connectivity index (χ0) is 16.8. The first-order valence-electron chi connectivity index (χ1n) is 7.52. The highest BCUT2D eigenvalue weighted by Crippen LogP contribution is 2.14. The maximum Gasteiger partial charge on any atom is 0.359 e. The highest BCUT2D eigenvalue weighted by Gasteiger charge is 2.18. The van der Waals surface area contributed by atoms with E-state index in [1.807, 2.05) is 6.92 Å². The third kappa shape index (κ3) is 3.74. The molecule has 1 heterocycles. The minimum absolute atomic E-state index is 0.0327. The maximum atomic E-state index is 12.2. The van der Waals surface area contributed by atoms with Gasteiger partial charge in [0.1, 0.15) is 0 Å². The Morgan fingerprint density at radius 2 is 1.91 bits per heavy atom. The van der Waals surface area contributed by atoms with Gasteiger partial charge in [0.15, 0.2) is 12.3 Å². The number of ether oxygens (including phenoxy) is 1. The zero-order valence-corrected chi connectivity index (χ0v) is 13.2. The van der Waals surface area contributed by atoms with Crippen LogP contribution in [0.1, 0.15) is 30.8 Å². The van der Waals surface area contributed by atoms with Crippen LogP contribution in [-0.2, 0) is 16.1 Å². The Balaban J connectivity index is 2.28. The number of carbonyl (C=O) groups is 2. The third-order valence-corrected chi connectivity index (χ3v) is 3.27. The summed E-state index contributed by atoms with van der Waals surface area (Å²) in [7, 11) is 0. The number of nitrogens with one attached hydrogen (secondary N) is 1. The van der Waals surface area contributed by atoms with Gasteiger partial charge >= 0.3 is 5.97 Å². The molecule has 7 nitrogen and oxygen atoms in total. The lowest BCUT2D eigenvalue weighted by molar-refractivity contribution is -0.124. The number of esters is 1. The fraction of sp³-hybridized carbons (Fsp3) is 0.375. The maximum absolute atomic E-state index is 12.2. The predicted octanol–water partition coefficient (Wildman–Crippen LogP) is 1.10. The number of hydrogen-bond acceptors (Lipinski definition) is 5. The molecule has 0 radical (unpaired) electrons. The van der Waals surface area contributed by atoms with Gasteiger partial charge in [-0.05, 0) is 19.4 Å². The lowest BCUT2D eigenvalue weighted by Crippen LogP contribution is -2.30. The molecule has 0 unspecified atom stereocenters. The highest BCUT2D eigenvalue weighted by molar-refractivity contribution is 6.02. The Morgan fingerprint density at radius 3 is 2.57 bits per heavy atom. The van der Waals surface area contributed by atoms with Gasteiger partial charge in [-0.3, -0.25) is 9.59 Å². The van der Waals surface area contributed by atoms with Crippen LogP contribution in [0, 0.1) is 0 Å². The lowest BCUT2D eigenvalue weighted by Gasteiger charge is -2.09. The fourth-order valence-corrected chi connectivity index (χ4v) is 2.12. The molecule has 0 spiro atoms. The van der Waals surface area contributed by atoms with E-state index in [0.29, 0.717) is 23.9 Å². The monoisotopic (exact) mass is 317 g/mol. The fourth-order valence-electron chi connectivity index (χ4n) is 2.12. The smallest absolute Gasteiger partial charge is 0.359 e. The SMILES string of the molecule is CCCNC(=O)COC(=O)c1nn(CC)c(=O)c2ccccc12. The van der Waals surface area contributed by atoms with Gasteiger partial charge in [0, 0.05) is 18.5 Å². The van der Waals surface area contributed by atoms with E-state index in [1.165, 1.54) is 4.68 Å². The van der Waals surface area contributed by atoms with Gasteiger partial charge in [0.2, 0.25) is 0 Å². The first-order valence-corrected chi connectivity index (χ1v) is 7.52. The first kappa shape index (κ1) is 16.7. The second kappa shape index (κ2) is 7.53. The second-order valence-corrected chi connectivity index (χ2v) is 4.94. The molecule has 2 aromatic rings. The normalized spacial score (nSPS) is 10.5. The molecule has 1 aromatic heterocycles. The number of fused-ring (bicyclic) bond motifs is 1. The van der Waals surface area contributed by atoms with Crippen molar-refractivity contribution in [1.82, 2.24) is 15.1 Å². The van der Waals surface area contributed by atoms with Crippen molar-refractivity contribution < 1.29 is 14.3 Å². The molecule has 0 saturated heterocycles. The van der Waals surface area contributed by atoms with Gasteiger partial charge in [-0.2, -0.15) is 5.10 Å². The average Bonchev–Trinajstić information content (AvgIpc) is 2.58. The van der Waals surface area contributed by atoms with Crippen LogP contribution in [0.3, 0.4) is 0 Å². The van der Waals surface area contributed by atoms with E-state index in [4.69, 9.17) is 4.74 Å². The van der Waals surface area contributed by atoms with Crippen molar-refractivity contribution in [3.05, 3.63) is 40.3 Å². The number of carbonyl (C=O) groups excluding carboxylic acids is 2. The topological polar surface area (TPSA) is 90.3 Å². The van der Waals surface area contributed by atoms with Crippen LogP contribution < -0.4 is 10.9 Å². The van der Waals surface area contributed by atoms with Gasteiger partial charge in [-0.15, -0.1) is 0 Å². The molecule has 1 N–H and O–H groups in total. The van der Waals surface area contributed by atoms with Crippen LogP contribution >= 0.6 is 0 Å². The van der Waals surface area contributed by atoms with Gasteiger partial charge < -0.3 is 10.1 Å². The van der Waals surface area contributed by atoms with Crippen LogP contribution in [0.4, 0.5) is 0 Å². The molecule has 0 aliphatic heterocycles. The number of aryl methyl sites for hydroxylation is 1. The van der Waals surface area contributed by atoms with Crippen LogP contribution in [0.25, 0.3) is 10.8 Å². The minimum Gasteiger partial charge on any atom is -0.451 e. The van der Waals surface area contributed by atoms with E-state index in [2.05, 4.69) is 10.4 Å². The van der Waals surface area contributed by atoms with Crippen molar-refractivity contribution in [2.24, 2.45) is 0 Å². The summed E-state index contributed by atoms with van der Waals surface area (Å²) in [6.45, 7) is 4.17. The highest BCUT2D eigenvalue weighted by atomic mass is 16.5. The summed E-state index contributed by atoms with van der Waals surface area (Å²) in [6, 6.07) is 6.70. The van der Waals surface area contributed by atoms with Crippen molar-refractivity contribution >= 4 is 22.6 Å². The van der Waals surface area contributed by atoms with Crippen molar-refractivity contribution in [3.8, 4) is 0 Å².